The molecule has 0 bridgehead atoms. The van der Waals surface area contributed by atoms with Crippen LogP contribution in [0.1, 0.15) is 21.3 Å². The lowest BCUT2D eigenvalue weighted by Crippen LogP contribution is -2.48. The Kier molecular flexibility index (Phi) is 4.65. The minimum absolute atomic E-state index is 0.00705. The molecule has 0 radical (unpaired) electrons. The zero-order valence-electron chi connectivity index (χ0n) is 12.4. The number of nitrogens with two attached hydrogens (primary N) is 1. The number of nitrogens with zero attached hydrogens (tertiary/aromatic N) is 5. The molecule has 0 saturated carbocycles. The molecular weight excluding hydrogens is 320 g/mol. The van der Waals surface area contributed by atoms with Gasteiger partial charge in [0, 0.05) is 49.5 Å². The number of hydrogen-bond acceptors (Lipinski definition) is 8. The average molecular weight is 338 g/mol. The molecule has 1 saturated heterocycles. The summed E-state index contributed by atoms with van der Waals surface area (Å²) < 4.78 is 4.20. The van der Waals surface area contributed by atoms with Crippen molar-refractivity contribution in [3.05, 3.63) is 21.9 Å². The monoisotopic (exact) mass is 338 g/mol. The number of carbonyl (C=O) groups is 1. The molecule has 0 aromatic carbocycles. The molecule has 7 nitrogen and oxygen atoms in total. The molecule has 3 heterocycles. The second-order valence-corrected chi connectivity index (χ2v) is 6.74. The molecule has 9 heteroatoms. The number of carbonyl (C=O) groups excluding carboxylic acids is 1. The standard InChI is InChI=1S/C13H18N6OS2/c1-9-15-13(22-17-9)19-6-4-18(5-7-19)12(20)10-8-21-11(16-10)2-3-14/h8H,2-7,14H2,1H3. The van der Waals surface area contributed by atoms with E-state index in [1.54, 1.807) is 0 Å². The predicted molar refractivity (Wildman–Crippen MR) is 87.6 cm³/mol. The lowest BCUT2D eigenvalue weighted by molar-refractivity contribution is 0.0741. The van der Waals surface area contributed by atoms with E-state index in [4.69, 9.17) is 5.73 Å². The summed E-state index contributed by atoms with van der Waals surface area (Å²) in [6.07, 6.45) is 0.724. The van der Waals surface area contributed by atoms with Crippen LogP contribution in [0.4, 0.5) is 5.13 Å². The second-order valence-electron chi connectivity index (χ2n) is 5.07. The Hall–Kier alpha value is -1.58. The van der Waals surface area contributed by atoms with Crippen LogP contribution in [0.5, 0.6) is 0 Å². The highest BCUT2D eigenvalue weighted by atomic mass is 32.1. The highest BCUT2D eigenvalue weighted by Gasteiger charge is 2.25. The van der Waals surface area contributed by atoms with Crippen molar-refractivity contribution >= 4 is 33.9 Å². The molecule has 2 aromatic heterocycles. The Morgan fingerprint density at radius 2 is 2.09 bits per heavy atom. The van der Waals surface area contributed by atoms with Gasteiger partial charge in [-0.25, -0.2) is 9.97 Å². The van der Waals surface area contributed by atoms with Crippen LogP contribution in [0.3, 0.4) is 0 Å². The zero-order valence-corrected chi connectivity index (χ0v) is 14.0. The number of aromatic nitrogens is 3. The van der Waals surface area contributed by atoms with Crippen LogP contribution in [-0.4, -0.2) is 57.9 Å². The smallest absolute Gasteiger partial charge is 0.273 e. The van der Waals surface area contributed by atoms with Gasteiger partial charge in [0.1, 0.15) is 11.5 Å². The molecule has 0 aliphatic carbocycles. The number of anilines is 1. The third-order valence-corrected chi connectivity index (χ3v) is 5.26. The lowest BCUT2D eigenvalue weighted by atomic mass is 10.3. The molecule has 0 atom stereocenters. The highest BCUT2D eigenvalue weighted by molar-refractivity contribution is 7.10. The van der Waals surface area contributed by atoms with Gasteiger partial charge in [-0.1, -0.05) is 0 Å². The lowest BCUT2D eigenvalue weighted by Gasteiger charge is -2.33. The molecular formula is C13H18N6OS2. The van der Waals surface area contributed by atoms with E-state index in [1.165, 1.54) is 22.9 Å². The van der Waals surface area contributed by atoms with E-state index in [1.807, 2.05) is 17.2 Å². The summed E-state index contributed by atoms with van der Waals surface area (Å²) in [5, 5.41) is 3.69. The fourth-order valence-electron chi connectivity index (χ4n) is 2.32. The molecule has 1 fully saturated rings. The maximum Gasteiger partial charge on any atom is 0.273 e. The van der Waals surface area contributed by atoms with Crippen molar-refractivity contribution in [3.63, 3.8) is 0 Å². The van der Waals surface area contributed by atoms with Gasteiger partial charge in [0.25, 0.3) is 5.91 Å². The summed E-state index contributed by atoms with van der Waals surface area (Å²) in [4.78, 5) is 25.3. The Bertz CT molecular complexity index is 647. The Balaban J connectivity index is 1.59. The van der Waals surface area contributed by atoms with E-state index in [2.05, 4.69) is 19.2 Å². The van der Waals surface area contributed by atoms with Crippen molar-refractivity contribution in [3.8, 4) is 0 Å². The van der Waals surface area contributed by atoms with Gasteiger partial charge in [0.2, 0.25) is 5.13 Å². The molecule has 0 unspecified atom stereocenters. The predicted octanol–water partition coefficient (Wildman–Crippen LogP) is 0.767. The fourth-order valence-corrected chi connectivity index (χ4v) is 3.84. The zero-order chi connectivity index (χ0) is 15.5. The average Bonchev–Trinajstić information content (AvgIpc) is 3.16. The van der Waals surface area contributed by atoms with Crippen LogP contribution in [0.25, 0.3) is 0 Å². The summed E-state index contributed by atoms with van der Waals surface area (Å²) in [5.74, 6) is 0.807. The third kappa shape index (κ3) is 3.26. The summed E-state index contributed by atoms with van der Waals surface area (Å²) >= 11 is 2.91. The first kappa shape index (κ1) is 15.3. The van der Waals surface area contributed by atoms with Crippen LogP contribution in [0, 0.1) is 6.92 Å². The van der Waals surface area contributed by atoms with Crippen molar-refractivity contribution < 1.29 is 4.79 Å². The quantitative estimate of drug-likeness (QED) is 0.886. The topological polar surface area (TPSA) is 88.2 Å². The third-order valence-electron chi connectivity index (χ3n) is 3.48. The number of amides is 1. The van der Waals surface area contributed by atoms with E-state index in [0.29, 0.717) is 25.3 Å². The van der Waals surface area contributed by atoms with Crippen LogP contribution in [-0.2, 0) is 6.42 Å². The number of aryl methyl sites for hydroxylation is 1. The largest absolute Gasteiger partial charge is 0.343 e. The molecule has 1 aliphatic heterocycles. The molecule has 2 aromatic rings. The molecule has 1 aliphatic rings. The number of piperazine rings is 1. The number of rotatable bonds is 4. The summed E-state index contributed by atoms with van der Waals surface area (Å²) in [5.41, 5.74) is 6.05. The summed E-state index contributed by atoms with van der Waals surface area (Å²) in [6.45, 7) is 5.37. The van der Waals surface area contributed by atoms with Crippen molar-refractivity contribution in [1.82, 2.24) is 19.2 Å². The molecule has 2 N–H and O–H groups in total. The second kappa shape index (κ2) is 6.67. The van der Waals surface area contributed by atoms with Gasteiger partial charge < -0.3 is 15.5 Å². The number of hydrogen-bond donors (Lipinski definition) is 1. The Morgan fingerprint density at radius 3 is 2.73 bits per heavy atom. The van der Waals surface area contributed by atoms with Gasteiger partial charge in [-0.2, -0.15) is 4.37 Å². The van der Waals surface area contributed by atoms with E-state index in [0.717, 1.165) is 35.5 Å². The highest BCUT2D eigenvalue weighted by Crippen LogP contribution is 2.20. The molecule has 0 spiro atoms. The summed E-state index contributed by atoms with van der Waals surface area (Å²) in [7, 11) is 0. The van der Waals surface area contributed by atoms with Crippen LogP contribution >= 0.6 is 22.9 Å². The van der Waals surface area contributed by atoms with Crippen molar-refractivity contribution in [2.45, 2.75) is 13.3 Å². The number of thiazole rings is 1. The van der Waals surface area contributed by atoms with Crippen LogP contribution in [0.2, 0.25) is 0 Å². The minimum Gasteiger partial charge on any atom is -0.343 e. The van der Waals surface area contributed by atoms with Crippen LogP contribution in [0.15, 0.2) is 5.38 Å². The molecule has 1 amide bonds. The van der Waals surface area contributed by atoms with E-state index in [9.17, 15) is 4.79 Å². The first-order chi connectivity index (χ1) is 10.7. The Labute approximate surface area is 137 Å². The Morgan fingerprint density at radius 1 is 1.32 bits per heavy atom. The van der Waals surface area contributed by atoms with E-state index < -0.39 is 0 Å². The summed E-state index contributed by atoms with van der Waals surface area (Å²) in [6, 6.07) is 0. The normalized spacial score (nSPS) is 15.4. The maximum atomic E-state index is 12.5. The van der Waals surface area contributed by atoms with Crippen molar-refractivity contribution in [2.75, 3.05) is 37.6 Å². The molecule has 22 heavy (non-hydrogen) atoms. The maximum absolute atomic E-state index is 12.5. The molecule has 118 valence electrons. The van der Waals surface area contributed by atoms with Gasteiger partial charge in [-0.15, -0.1) is 11.3 Å². The van der Waals surface area contributed by atoms with Gasteiger partial charge in [0.15, 0.2) is 0 Å². The minimum atomic E-state index is 0.00705. The molecule has 3 rings (SSSR count). The van der Waals surface area contributed by atoms with Gasteiger partial charge in [-0.3, -0.25) is 4.79 Å². The first-order valence-electron chi connectivity index (χ1n) is 7.16. The SMILES string of the molecule is Cc1nsc(N2CCN(C(=O)c3csc(CCN)n3)CC2)n1. The fraction of sp³-hybridized carbons (Fsp3) is 0.538. The van der Waals surface area contributed by atoms with Gasteiger partial charge in [-0.05, 0) is 13.5 Å². The van der Waals surface area contributed by atoms with E-state index >= 15 is 0 Å². The van der Waals surface area contributed by atoms with Gasteiger partial charge >= 0.3 is 0 Å². The van der Waals surface area contributed by atoms with E-state index in [-0.39, 0.29) is 5.91 Å². The van der Waals surface area contributed by atoms with Crippen molar-refractivity contribution in [2.24, 2.45) is 5.73 Å². The van der Waals surface area contributed by atoms with Gasteiger partial charge in [0.05, 0.1) is 5.01 Å². The van der Waals surface area contributed by atoms with Crippen molar-refractivity contribution in [1.29, 1.82) is 0 Å². The van der Waals surface area contributed by atoms with Crippen LogP contribution < -0.4 is 10.6 Å². The first-order valence-corrected chi connectivity index (χ1v) is 8.81.